The van der Waals surface area contributed by atoms with Gasteiger partial charge in [-0.2, -0.15) is 0 Å². The molecule has 5 heteroatoms. The lowest BCUT2D eigenvalue weighted by Gasteiger charge is -2.15. The van der Waals surface area contributed by atoms with Crippen LogP contribution in [0.15, 0.2) is 42.0 Å². The summed E-state index contributed by atoms with van der Waals surface area (Å²) in [6, 6.07) is 9.00. The molecule has 0 aromatic heterocycles. The lowest BCUT2D eigenvalue weighted by Crippen LogP contribution is -2.37. The van der Waals surface area contributed by atoms with Gasteiger partial charge in [-0.1, -0.05) is 29.8 Å². The molecule has 130 valence electrons. The summed E-state index contributed by atoms with van der Waals surface area (Å²) >= 11 is 0. The normalized spacial score (nSPS) is 15.1. The van der Waals surface area contributed by atoms with E-state index >= 15 is 0 Å². The number of hydrogen-bond acceptors (Lipinski definition) is 4. The van der Waals surface area contributed by atoms with Gasteiger partial charge in [-0.3, -0.25) is 4.79 Å². The molecule has 0 heterocycles. The highest BCUT2D eigenvalue weighted by atomic mass is 16.6. The van der Waals surface area contributed by atoms with Crippen molar-refractivity contribution in [3.8, 4) is 5.75 Å². The molecule has 1 atom stereocenters. The number of carbonyl (C=O) groups is 2. The third-order valence-corrected chi connectivity index (χ3v) is 3.91. The van der Waals surface area contributed by atoms with E-state index in [-0.39, 0.29) is 12.5 Å². The molecule has 1 aliphatic rings. The monoisotopic (exact) mass is 331 g/mol. The van der Waals surface area contributed by atoms with E-state index in [1.807, 2.05) is 18.2 Å². The summed E-state index contributed by atoms with van der Waals surface area (Å²) in [6.07, 6.45) is 7.06. The van der Waals surface area contributed by atoms with Gasteiger partial charge >= 0.3 is 5.97 Å². The van der Waals surface area contributed by atoms with Gasteiger partial charge in [-0.25, -0.2) is 4.79 Å². The molecule has 0 radical (unpaired) electrons. The second kappa shape index (κ2) is 9.75. The zero-order chi connectivity index (χ0) is 17.2. The fourth-order valence-corrected chi connectivity index (χ4v) is 2.57. The van der Waals surface area contributed by atoms with E-state index in [1.165, 1.54) is 18.4 Å². The van der Waals surface area contributed by atoms with Crippen molar-refractivity contribution in [2.24, 2.45) is 0 Å². The summed E-state index contributed by atoms with van der Waals surface area (Å²) in [5.74, 6) is -0.247. The second-order valence-corrected chi connectivity index (χ2v) is 5.88. The van der Waals surface area contributed by atoms with E-state index in [1.54, 1.807) is 19.1 Å². The number of rotatable bonds is 8. The Bertz CT molecular complexity index is 568. The quantitative estimate of drug-likeness (QED) is 0.587. The van der Waals surface area contributed by atoms with Crippen molar-refractivity contribution < 1.29 is 19.1 Å². The first-order valence-electron chi connectivity index (χ1n) is 8.48. The molecule has 1 amide bonds. The minimum absolute atomic E-state index is 0.214. The van der Waals surface area contributed by atoms with Gasteiger partial charge in [0, 0.05) is 6.54 Å². The van der Waals surface area contributed by atoms with Gasteiger partial charge in [-0.05, 0) is 51.2 Å². The van der Waals surface area contributed by atoms with Gasteiger partial charge < -0.3 is 14.8 Å². The van der Waals surface area contributed by atoms with Crippen LogP contribution in [0.4, 0.5) is 0 Å². The smallest absolute Gasteiger partial charge is 0.344 e. The molecule has 0 saturated heterocycles. The molecule has 0 bridgehead atoms. The highest BCUT2D eigenvalue weighted by Gasteiger charge is 2.17. The minimum atomic E-state index is -0.822. The van der Waals surface area contributed by atoms with Crippen molar-refractivity contribution in [1.82, 2.24) is 5.32 Å². The molecule has 0 unspecified atom stereocenters. The van der Waals surface area contributed by atoms with E-state index < -0.39 is 12.1 Å². The molecule has 0 saturated carbocycles. The number of carbonyl (C=O) groups excluding carboxylic acids is 2. The summed E-state index contributed by atoms with van der Waals surface area (Å²) < 4.78 is 10.4. The van der Waals surface area contributed by atoms with Crippen LogP contribution in [-0.2, 0) is 14.3 Å². The third-order valence-electron chi connectivity index (χ3n) is 3.91. The topological polar surface area (TPSA) is 64.6 Å². The molecule has 24 heavy (non-hydrogen) atoms. The van der Waals surface area contributed by atoms with Crippen molar-refractivity contribution in [3.05, 3.63) is 42.0 Å². The molecular formula is C19H25NO4. The predicted molar refractivity (Wildman–Crippen MR) is 91.7 cm³/mol. The van der Waals surface area contributed by atoms with E-state index in [0.29, 0.717) is 12.3 Å². The Balaban J connectivity index is 1.63. The van der Waals surface area contributed by atoms with Crippen LogP contribution in [0.25, 0.3) is 0 Å². The molecule has 1 aromatic rings. The SMILES string of the molecule is C[C@H](OC(=O)COc1ccccc1)C(=O)NCCC1=CCCCC1. The fourth-order valence-electron chi connectivity index (χ4n) is 2.57. The largest absolute Gasteiger partial charge is 0.482 e. The van der Waals surface area contributed by atoms with Crippen molar-refractivity contribution in [2.75, 3.05) is 13.2 Å². The highest BCUT2D eigenvalue weighted by molar-refractivity contribution is 5.83. The third kappa shape index (κ3) is 6.44. The number of esters is 1. The van der Waals surface area contributed by atoms with Gasteiger partial charge in [0.1, 0.15) is 5.75 Å². The van der Waals surface area contributed by atoms with Crippen LogP contribution < -0.4 is 10.1 Å². The zero-order valence-corrected chi connectivity index (χ0v) is 14.1. The van der Waals surface area contributed by atoms with Gasteiger partial charge in [0.15, 0.2) is 12.7 Å². The van der Waals surface area contributed by atoms with E-state index in [2.05, 4.69) is 11.4 Å². The molecule has 0 fully saturated rings. The Labute approximate surface area is 143 Å². The molecule has 0 spiro atoms. The summed E-state index contributed by atoms with van der Waals surface area (Å²) in [7, 11) is 0. The van der Waals surface area contributed by atoms with E-state index in [4.69, 9.17) is 9.47 Å². The standard InChI is InChI=1S/C19H25NO4/c1-15(19(22)20-13-12-16-8-4-2-5-9-16)24-18(21)14-23-17-10-6-3-7-11-17/h3,6-8,10-11,15H,2,4-5,9,12-14H2,1H3,(H,20,22)/t15-/m0/s1. The summed E-state index contributed by atoms with van der Waals surface area (Å²) in [6.45, 7) is 1.93. The van der Waals surface area contributed by atoms with Gasteiger partial charge in [0.25, 0.3) is 5.91 Å². The average molecular weight is 331 g/mol. The zero-order valence-electron chi connectivity index (χ0n) is 14.1. The van der Waals surface area contributed by atoms with Crippen LogP contribution in [0.3, 0.4) is 0 Å². The Hall–Kier alpha value is -2.30. The van der Waals surface area contributed by atoms with Crippen molar-refractivity contribution in [2.45, 2.75) is 45.1 Å². The molecule has 0 aliphatic heterocycles. The van der Waals surface area contributed by atoms with Crippen LogP contribution in [0.5, 0.6) is 5.75 Å². The molecule has 1 aromatic carbocycles. The van der Waals surface area contributed by atoms with Crippen molar-refractivity contribution in [3.63, 3.8) is 0 Å². The lowest BCUT2D eigenvalue weighted by molar-refractivity contribution is -0.156. The van der Waals surface area contributed by atoms with Crippen LogP contribution in [0.2, 0.25) is 0 Å². The van der Waals surface area contributed by atoms with Crippen LogP contribution in [-0.4, -0.2) is 31.1 Å². The van der Waals surface area contributed by atoms with Crippen molar-refractivity contribution in [1.29, 1.82) is 0 Å². The first kappa shape index (κ1) is 18.0. The summed E-state index contributed by atoms with van der Waals surface area (Å²) in [5.41, 5.74) is 1.41. The number of nitrogens with one attached hydrogen (secondary N) is 1. The number of amides is 1. The van der Waals surface area contributed by atoms with Crippen LogP contribution in [0.1, 0.15) is 39.0 Å². The maximum atomic E-state index is 11.9. The first-order chi connectivity index (χ1) is 11.6. The molecular weight excluding hydrogens is 306 g/mol. The van der Waals surface area contributed by atoms with Crippen LogP contribution in [0, 0.1) is 0 Å². The molecule has 1 aliphatic carbocycles. The second-order valence-electron chi connectivity index (χ2n) is 5.88. The van der Waals surface area contributed by atoms with Gasteiger partial charge in [0.05, 0.1) is 0 Å². The van der Waals surface area contributed by atoms with Crippen molar-refractivity contribution >= 4 is 11.9 Å². The molecule has 5 nitrogen and oxygen atoms in total. The summed E-state index contributed by atoms with van der Waals surface area (Å²) in [4.78, 5) is 23.7. The number of hydrogen-bond donors (Lipinski definition) is 1. The number of para-hydroxylation sites is 1. The van der Waals surface area contributed by atoms with E-state index in [0.717, 1.165) is 19.3 Å². The maximum Gasteiger partial charge on any atom is 0.344 e. The highest BCUT2D eigenvalue weighted by Crippen LogP contribution is 2.19. The minimum Gasteiger partial charge on any atom is -0.482 e. The fraction of sp³-hybridized carbons (Fsp3) is 0.474. The molecule has 1 N–H and O–H groups in total. The summed E-state index contributed by atoms with van der Waals surface area (Å²) in [5, 5.41) is 2.81. The maximum absolute atomic E-state index is 11.9. The van der Waals surface area contributed by atoms with Gasteiger partial charge in [-0.15, -0.1) is 0 Å². The Morgan fingerprint density at radius 3 is 2.71 bits per heavy atom. The van der Waals surface area contributed by atoms with Crippen LogP contribution >= 0.6 is 0 Å². The average Bonchev–Trinajstić information content (AvgIpc) is 2.61. The lowest BCUT2D eigenvalue weighted by atomic mass is 9.97. The predicted octanol–water partition coefficient (Wildman–Crippen LogP) is 3.00. The number of allylic oxidation sites excluding steroid dienone is 1. The number of ether oxygens (including phenoxy) is 2. The molecule has 2 rings (SSSR count). The van der Waals surface area contributed by atoms with E-state index in [9.17, 15) is 9.59 Å². The first-order valence-corrected chi connectivity index (χ1v) is 8.48. The number of benzene rings is 1. The Morgan fingerprint density at radius 1 is 1.21 bits per heavy atom. The Morgan fingerprint density at radius 2 is 2.00 bits per heavy atom. The van der Waals surface area contributed by atoms with Gasteiger partial charge in [0.2, 0.25) is 0 Å². The Kier molecular flexibility index (Phi) is 7.33.